The summed E-state index contributed by atoms with van der Waals surface area (Å²) in [5.41, 5.74) is 0. The molecule has 1 aliphatic rings. The van der Waals surface area contributed by atoms with Crippen LogP contribution < -0.4 is 0 Å². The fourth-order valence-electron chi connectivity index (χ4n) is 0.964. The van der Waals surface area contributed by atoms with Crippen molar-refractivity contribution in [1.82, 2.24) is 0 Å². The molecule has 1 atom stereocenters. The molecule has 1 N–H and O–H groups in total. The monoisotopic (exact) mass is 404 g/mol. The summed E-state index contributed by atoms with van der Waals surface area (Å²) < 4.78 is -6.80. The standard InChI is InChI=1S/C6HCl9O/c7-1-2(8)4(11,16)6(14,15)5(12,13)3(1,9)10/h16H. The average molecular weight is 408 g/mol. The van der Waals surface area contributed by atoms with Crippen LogP contribution in [0.25, 0.3) is 0 Å². The molecule has 0 aromatic rings. The van der Waals surface area contributed by atoms with Gasteiger partial charge in [-0.15, -0.1) is 0 Å². The van der Waals surface area contributed by atoms with Crippen LogP contribution in [0.3, 0.4) is 0 Å². The first-order chi connectivity index (χ1) is 6.82. The third-order valence-corrected chi connectivity index (χ3v) is 7.92. The number of halogens is 9. The topological polar surface area (TPSA) is 20.2 Å². The van der Waals surface area contributed by atoms with Gasteiger partial charge in [0.1, 0.15) is 0 Å². The Hall–Kier alpha value is 2.31. The predicted molar refractivity (Wildman–Crippen MR) is 72.8 cm³/mol. The van der Waals surface area contributed by atoms with Crippen molar-refractivity contribution < 1.29 is 5.11 Å². The van der Waals surface area contributed by atoms with Gasteiger partial charge in [0.25, 0.3) is 0 Å². The first kappa shape index (κ1) is 16.4. The van der Waals surface area contributed by atoms with Crippen molar-refractivity contribution in [2.75, 3.05) is 0 Å². The van der Waals surface area contributed by atoms with Crippen LogP contribution in [0.15, 0.2) is 10.1 Å². The second-order valence-corrected chi connectivity index (χ2v) is 8.26. The molecule has 10 heteroatoms. The quantitative estimate of drug-likeness (QED) is 0.551. The van der Waals surface area contributed by atoms with Crippen LogP contribution in [0.1, 0.15) is 0 Å². The first-order valence-electron chi connectivity index (χ1n) is 3.42. The molecule has 0 amide bonds. The Labute approximate surface area is 136 Å². The number of aliphatic hydroxyl groups is 1. The van der Waals surface area contributed by atoms with E-state index in [9.17, 15) is 5.11 Å². The van der Waals surface area contributed by atoms with Gasteiger partial charge in [-0.3, -0.25) is 0 Å². The minimum atomic E-state index is -2.52. The van der Waals surface area contributed by atoms with E-state index in [0.29, 0.717) is 0 Å². The van der Waals surface area contributed by atoms with Crippen LogP contribution in [0.5, 0.6) is 0 Å². The van der Waals surface area contributed by atoms with E-state index in [1.54, 1.807) is 0 Å². The van der Waals surface area contributed by atoms with E-state index >= 15 is 0 Å². The summed E-state index contributed by atoms with van der Waals surface area (Å²) in [4.78, 5) is 0. The normalized spacial score (nSPS) is 36.4. The van der Waals surface area contributed by atoms with Crippen molar-refractivity contribution >= 4 is 104 Å². The van der Waals surface area contributed by atoms with Gasteiger partial charge in [0.2, 0.25) is 9.39 Å². The highest BCUT2D eigenvalue weighted by molar-refractivity contribution is 6.75. The molecular formula is C6HCl9O. The van der Waals surface area contributed by atoms with Crippen LogP contribution in [0.2, 0.25) is 0 Å². The molecule has 0 saturated carbocycles. The molecule has 0 aromatic heterocycles. The molecule has 1 unspecified atom stereocenters. The third kappa shape index (κ3) is 1.86. The summed E-state index contributed by atoms with van der Waals surface area (Å²) >= 11 is 51.8. The molecule has 0 heterocycles. The number of rotatable bonds is 0. The number of hydrogen-bond acceptors (Lipinski definition) is 1. The van der Waals surface area contributed by atoms with E-state index in [0.717, 1.165) is 0 Å². The molecule has 0 spiro atoms. The molecule has 0 bridgehead atoms. The van der Waals surface area contributed by atoms with Crippen molar-refractivity contribution in [3.63, 3.8) is 0 Å². The largest absolute Gasteiger partial charge is 0.368 e. The van der Waals surface area contributed by atoms with Crippen LogP contribution in [0, 0.1) is 0 Å². The summed E-state index contributed by atoms with van der Waals surface area (Å²) in [5, 5.41) is 6.31. The minimum absolute atomic E-state index is 0.461. The summed E-state index contributed by atoms with van der Waals surface area (Å²) in [7, 11) is 0. The van der Waals surface area contributed by atoms with E-state index in [-0.39, 0.29) is 0 Å². The Balaban J connectivity index is 3.64. The van der Waals surface area contributed by atoms with Crippen LogP contribution in [-0.2, 0) is 0 Å². The highest BCUT2D eigenvalue weighted by Gasteiger charge is 2.74. The Kier molecular flexibility index (Phi) is 4.51. The molecule has 1 rings (SSSR count). The maximum atomic E-state index is 9.85. The SMILES string of the molecule is OC1(Cl)C(Cl)=C(Cl)C(Cl)(Cl)C(Cl)(Cl)C1(Cl)Cl. The van der Waals surface area contributed by atoms with Crippen molar-refractivity contribution in [2.45, 2.75) is 18.1 Å². The van der Waals surface area contributed by atoms with E-state index in [4.69, 9.17) is 104 Å². The molecule has 0 aromatic carbocycles. The lowest BCUT2D eigenvalue weighted by atomic mass is 10.0. The van der Waals surface area contributed by atoms with E-state index in [2.05, 4.69) is 0 Å². The molecule has 0 fully saturated rings. The summed E-state index contributed by atoms with van der Waals surface area (Å²) in [6.07, 6.45) is 0. The molecule has 0 aliphatic heterocycles. The molecule has 0 saturated heterocycles. The second kappa shape index (κ2) is 4.41. The fourth-order valence-corrected chi connectivity index (χ4v) is 3.80. The van der Waals surface area contributed by atoms with E-state index < -0.39 is 28.1 Å². The predicted octanol–water partition coefficient (Wildman–Crippen LogP) is 5.14. The lowest BCUT2D eigenvalue weighted by Crippen LogP contribution is -2.64. The molecule has 0 radical (unpaired) electrons. The first-order valence-corrected chi connectivity index (χ1v) is 6.83. The van der Waals surface area contributed by atoms with Gasteiger partial charge in [-0.2, -0.15) is 0 Å². The van der Waals surface area contributed by atoms with E-state index in [1.807, 2.05) is 0 Å². The Morgan fingerprint density at radius 1 is 0.688 bits per heavy atom. The van der Waals surface area contributed by atoms with Crippen LogP contribution in [-0.4, -0.2) is 23.2 Å². The third-order valence-electron chi connectivity index (χ3n) is 1.96. The van der Waals surface area contributed by atoms with Crippen LogP contribution >= 0.6 is 104 Å². The lowest BCUT2D eigenvalue weighted by Gasteiger charge is -2.50. The van der Waals surface area contributed by atoms with Gasteiger partial charge in [-0.05, 0) is 0 Å². The van der Waals surface area contributed by atoms with Gasteiger partial charge >= 0.3 is 0 Å². The molecular weight excluding hydrogens is 407 g/mol. The van der Waals surface area contributed by atoms with Crippen molar-refractivity contribution in [3.05, 3.63) is 10.1 Å². The van der Waals surface area contributed by atoms with Gasteiger partial charge in [0.05, 0.1) is 10.1 Å². The summed E-state index contributed by atoms with van der Waals surface area (Å²) in [5.74, 6) is 0. The Morgan fingerprint density at radius 2 is 1.06 bits per heavy atom. The Bertz CT molecular complexity index is 321. The van der Waals surface area contributed by atoms with Gasteiger partial charge in [-0.1, -0.05) is 104 Å². The summed E-state index contributed by atoms with van der Waals surface area (Å²) in [6, 6.07) is 0. The zero-order valence-corrected chi connectivity index (χ0v) is 13.7. The van der Waals surface area contributed by atoms with Gasteiger partial charge < -0.3 is 5.11 Å². The Morgan fingerprint density at radius 3 is 1.44 bits per heavy atom. The molecule has 16 heavy (non-hydrogen) atoms. The average Bonchev–Trinajstić information content (AvgIpc) is 2.12. The highest BCUT2D eigenvalue weighted by atomic mass is 35.5. The van der Waals surface area contributed by atoms with E-state index in [1.165, 1.54) is 0 Å². The van der Waals surface area contributed by atoms with Gasteiger partial charge in [0, 0.05) is 0 Å². The smallest absolute Gasteiger partial charge is 0.212 e. The van der Waals surface area contributed by atoms with Gasteiger partial charge in [-0.25, -0.2) is 0 Å². The number of alkyl halides is 7. The molecule has 1 nitrogen and oxygen atoms in total. The maximum absolute atomic E-state index is 9.85. The maximum Gasteiger partial charge on any atom is 0.212 e. The highest BCUT2D eigenvalue weighted by Crippen LogP contribution is 2.68. The lowest BCUT2D eigenvalue weighted by molar-refractivity contribution is 0.139. The van der Waals surface area contributed by atoms with Crippen molar-refractivity contribution in [3.8, 4) is 0 Å². The van der Waals surface area contributed by atoms with Crippen molar-refractivity contribution in [2.24, 2.45) is 0 Å². The molecule has 94 valence electrons. The zero-order valence-electron chi connectivity index (χ0n) is 6.85. The number of hydrogen-bond donors (Lipinski definition) is 1. The molecule has 1 aliphatic carbocycles. The fraction of sp³-hybridized carbons (Fsp3) is 0.667. The number of allylic oxidation sites excluding steroid dienone is 1. The minimum Gasteiger partial charge on any atom is -0.368 e. The second-order valence-electron chi connectivity index (χ2n) is 2.97. The van der Waals surface area contributed by atoms with Gasteiger partial charge in [0.15, 0.2) is 8.67 Å². The summed E-state index contributed by atoms with van der Waals surface area (Å²) in [6.45, 7) is 0. The van der Waals surface area contributed by atoms with Crippen molar-refractivity contribution in [1.29, 1.82) is 0 Å². The van der Waals surface area contributed by atoms with Crippen LogP contribution in [0.4, 0.5) is 0 Å². The zero-order chi connectivity index (χ0) is 13.2.